The lowest BCUT2D eigenvalue weighted by Gasteiger charge is -2.17. The minimum absolute atomic E-state index is 0.134. The first-order valence-corrected chi connectivity index (χ1v) is 7.32. The fourth-order valence-corrected chi connectivity index (χ4v) is 2.21. The van der Waals surface area contributed by atoms with Crippen LogP contribution in [0.25, 0.3) is 0 Å². The number of hydrogen-bond donors (Lipinski definition) is 2. The summed E-state index contributed by atoms with van der Waals surface area (Å²) in [5.74, 6) is 0.269. The molecule has 1 amide bonds. The third kappa shape index (κ3) is 4.23. The first kappa shape index (κ1) is 16.3. The van der Waals surface area contributed by atoms with Crippen LogP contribution in [0, 0.1) is 6.92 Å². The third-order valence-electron chi connectivity index (χ3n) is 3.30. The highest BCUT2D eigenvalue weighted by Crippen LogP contribution is 2.24. The third-order valence-corrected chi connectivity index (χ3v) is 3.71. The summed E-state index contributed by atoms with van der Waals surface area (Å²) in [5.41, 5.74) is 1.64. The van der Waals surface area contributed by atoms with E-state index >= 15 is 0 Å². The number of nitrogens with one attached hydrogen (secondary N) is 1. The van der Waals surface area contributed by atoms with E-state index in [1.807, 2.05) is 37.3 Å². The molecular weight excluding hydrogens is 302 g/mol. The van der Waals surface area contributed by atoms with Gasteiger partial charge in [0.2, 0.25) is 0 Å². The zero-order valence-corrected chi connectivity index (χ0v) is 13.0. The Morgan fingerprint density at radius 1 is 1.23 bits per heavy atom. The molecule has 2 aromatic carbocycles. The van der Waals surface area contributed by atoms with Gasteiger partial charge in [-0.3, -0.25) is 4.79 Å². The maximum Gasteiger partial charge on any atom is 0.258 e. The number of hydrogen-bond acceptors (Lipinski definition) is 3. The van der Waals surface area contributed by atoms with Crippen LogP contribution in [0.3, 0.4) is 0 Å². The second kappa shape index (κ2) is 7.82. The van der Waals surface area contributed by atoms with Gasteiger partial charge in [0, 0.05) is 10.6 Å². The van der Waals surface area contributed by atoms with Crippen LogP contribution < -0.4 is 10.1 Å². The van der Waals surface area contributed by atoms with Gasteiger partial charge < -0.3 is 15.2 Å². The summed E-state index contributed by atoms with van der Waals surface area (Å²) in [6.45, 7) is 1.52. The zero-order chi connectivity index (χ0) is 15.9. The van der Waals surface area contributed by atoms with Crippen molar-refractivity contribution < 1.29 is 14.6 Å². The summed E-state index contributed by atoms with van der Waals surface area (Å²) in [6, 6.07) is 14.1. The topological polar surface area (TPSA) is 58.6 Å². The summed E-state index contributed by atoms with van der Waals surface area (Å²) >= 11 is 6.00. The van der Waals surface area contributed by atoms with Crippen molar-refractivity contribution in [2.24, 2.45) is 0 Å². The van der Waals surface area contributed by atoms with E-state index in [1.165, 1.54) is 0 Å². The van der Waals surface area contributed by atoms with E-state index in [1.54, 1.807) is 18.2 Å². The summed E-state index contributed by atoms with van der Waals surface area (Å²) in [4.78, 5) is 12.0. The highest BCUT2D eigenvalue weighted by Gasteiger charge is 2.14. The highest BCUT2D eigenvalue weighted by atomic mass is 35.5. The van der Waals surface area contributed by atoms with Gasteiger partial charge >= 0.3 is 0 Å². The smallest absolute Gasteiger partial charge is 0.258 e. The van der Waals surface area contributed by atoms with Gasteiger partial charge in [0.15, 0.2) is 6.61 Å². The van der Waals surface area contributed by atoms with Crippen LogP contribution in [0.1, 0.15) is 17.2 Å². The van der Waals surface area contributed by atoms with Gasteiger partial charge in [-0.1, -0.05) is 48.0 Å². The molecule has 4 nitrogen and oxygen atoms in total. The molecule has 2 aromatic rings. The number of halogens is 1. The van der Waals surface area contributed by atoms with Crippen LogP contribution in [0.5, 0.6) is 5.75 Å². The van der Waals surface area contributed by atoms with E-state index in [-0.39, 0.29) is 19.1 Å². The average Bonchev–Trinajstić information content (AvgIpc) is 2.55. The highest BCUT2D eigenvalue weighted by molar-refractivity contribution is 6.31. The van der Waals surface area contributed by atoms with Crippen LogP contribution in [0.15, 0.2) is 48.5 Å². The van der Waals surface area contributed by atoms with Crippen molar-refractivity contribution in [3.63, 3.8) is 0 Å². The largest absolute Gasteiger partial charge is 0.483 e. The van der Waals surface area contributed by atoms with Gasteiger partial charge in [0.05, 0.1) is 12.6 Å². The van der Waals surface area contributed by atoms with Crippen LogP contribution in [-0.2, 0) is 4.79 Å². The molecule has 0 aromatic heterocycles. The predicted octanol–water partition coefficient (Wildman–Crippen LogP) is 2.88. The number of ether oxygens (including phenoxy) is 1. The van der Waals surface area contributed by atoms with Crippen molar-refractivity contribution in [3.8, 4) is 5.75 Å². The molecule has 0 aliphatic heterocycles. The van der Waals surface area contributed by atoms with Crippen molar-refractivity contribution in [3.05, 3.63) is 64.7 Å². The summed E-state index contributed by atoms with van der Waals surface area (Å²) in [5, 5.41) is 12.8. The Morgan fingerprint density at radius 2 is 1.95 bits per heavy atom. The van der Waals surface area contributed by atoms with Crippen molar-refractivity contribution >= 4 is 17.5 Å². The molecule has 0 saturated carbocycles. The van der Waals surface area contributed by atoms with Crippen molar-refractivity contribution in [2.45, 2.75) is 13.0 Å². The molecule has 0 radical (unpaired) electrons. The number of amides is 1. The normalized spacial score (nSPS) is 11.8. The summed E-state index contributed by atoms with van der Waals surface area (Å²) in [6.07, 6.45) is 0. The predicted molar refractivity (Wildman–Crippen MR) is 86.1 cm³/mol. The number of carbonyl (C=O) groups excluding carboxylic acids is 1. The molecule has 0 fully saturated rings. The quantitative estimate of drug-likeness (QED) is 0.860. The van der Waals surface area contributed by atoms with Gasteiger partial charge in [-0.25, -0.2) is 0 Å². The molecule has 0 aliphatic carbocycles. The maximum atomic E-state index is 12.0. The fourth-order valence-electron chi connectivity index (χ4n) is 2.04. The van der Waals surface area contributed by atoms with Crippen molar-refractivity contribution in [1.29, 1.82) is 0 Å². The molecule has 0 saturated heterocycles. The minimum atomic E-state index is -0.447. The second-order valence-corrected chi connectivity index (χ2v) is 5.27. The van der Waals surface area contributed by atoms with E-state index < -0.39 is 6.04 Å². The zero-order valence-electron chi connectivity index (χ0n) is 12.3. The van der Waals surface area contributed by atoms with E-state index in [0.29, 0.717) is 10.8 Å². The van der Waals surface area contributed by atoms with Crippen LogP contribution in [0.4, 0.5) is 0 Å². The average molecular weight is 320 g/mol. The molecule has 0 heterocycles. The van der Waals surface area contributed by atoms with E-state index in [4.69, 9.17) is 16.3 Å². The Balaban J connectivity index is 1.93. The molecule has 5 heteroatoms. The van der Waals surface area contributed by atoms with Crippen LogP contribution in [0.2, 0.25) is 5.02 Å². The molecule has 1 unspecified atom stereocenters. The number of rotatable bonds is 6. The number of aliphatic hydroxyl groups is 1. The van der Waals surface area contributed by atoms with Gasteiger partial charge in [0.25, 0.3) is 5.91 Å². The molecule has 2 rings (SSSR count). The monoisotopic (exact) mass is 319 g/mol. The van der Waals surface area contributed by atoms with E-state index in [9.17, 15) is 9.90 Å². The first-order chi connectivity index (χ1) is 10.6. The Labute approximate surface area is 134 Å². The molecule has 22 heavy (non-hydrogen) atoms. The minimum Gasteiger partial charge on any atom is -0.483 e. The summed E-state index contributed by atoms with van der Waals surface area (Å²) < 4.78 is 5.48. The lowest BCUT2D eigenvalue weighted by atomic mass is 10.1. The molecule has 0 spiro atoms. The van der Waals surface area contributed by atoms with Crippen LogP contribution >= 0.6 is 11.6 Å². The molecule has 2 N–H and O–H groups in total. The number of carbonyl (C=O) groups is 1. The number of benzene rings is 2. The Morgan fingerprint density at radius 3 is 2.64 bits per heavy atom. The standard InChI is InChI=1S/C17H18ClNO3/c1-12-14(18)8-5-9-16(12)22-11-17(21)19-15(10-20)13-6-3-2-4-7-13/h2-9,15,20H,10-11H2,1H3,(H,19,21). The molecule has 0 bridgehead atoms. The first-order valence-electron chi connectivity index (χ1n) is 6.95. The maximum absolute atomic E-state index is 12.0. The van der Waals surface area contributed by atoms with Gasteiger partial charge in [-0.05, 0) is 24.6 Å². The Kier molecular flexibility index (Phi) is 5.81. The molecule has 1 atom stereocenters. The molecule has 116 valence electrons. The Hall–Kier alpha value is -2.04. The van der Waals surface area contributed by atoms with Gasteiger partial charge in [-0.15, -0.1) is 0 Å². The van der Waals surface area contributed by atoms with Gasteiger partial charge in [-0.2, -0.15) is 0 Å². The van der Waals surface area contributed by atoms with Gasteiger partial charge in [0.1, 0.15) is 5.75 Å². The summed E-state index contributed by atoms with van der Waals surface area (Å²) in [7, 11) is 0. The lowest BCUT2D eigenvalue weighted by Crippen LogP contribution is -2.34. The fraction of sp³-hybridized carbons (Fsp3) is 0.235. The molecule has 0 aliphatic rings. The van der Waals surface area contributed by atoms with Crippen molar-refractivity contribution in [2.75, 3.05) is 13.2 Å². The SMILES string of the molecule is Cc1c(Cl)cccc1OCC(=O)NC(CO)c1ccccc1. The number of aliphatic hydroxyl groups excluding tert-OH is 1. The van der Waals surface area contributed by atoms with Crippen LogP contribution in [-0.4, -0.2) is 24.2 Å². The Bertz CT molecular complexity index is 631. The van der Waals surface area contributed by atoms with E-state index in [0.717, 1.165) is 11.1 Å². The lowest BCUT2D eigenvalue weighted by molar-refractivity contribution is -0.124. The molecular formula is C17H18ClNO3. The second-order valence-electron chi connectivity index (χ2n) is 4.87. The van der Waals surface area contributed by atoms with E-state index in [2.05, 4.69) is 5.32 Å². The van der Waals surface area contributed by atoms with Crippen molar-refractivity contribution in [1.82, 2.24) is 5.32 Å².